The van der Waals surface area contributed by atoms with E-state index in [0.717, 1.165) is 56.5 Å². The molecule has 1 saturated heterocycles. The van der Waals surface area contributed by atoms with Gasteiger partial charge in [-0.25, -0.2) is 4.79 Å². The Morgan fingerprint density at radius 1 is 1.17 bits per heavy atom. The van der Waals surface area contributed by atoms with E-state index in [1.54, 1.807) is 14.2 Å². The van der Waals surface area contributed by atoms with Crippen LogP contribution in [0.2, 0.25) is 0 Å². The van der Waals surface area contributed by atoms with Crippen LogP contribution in [0.1, 0.15) is 76.2 Å². The van der Waals surface area contributed by atoms with E-state index in [-0.39, 0.29) is 18.0 Å². The van der Waals surface area contributed by atoms with Crippen molar-refractivity contribution in [1.82, 2.24) is 15.5 Å². The number of hydrogen-bond acceptors (Lipinski definition) is 5. The molecule has 0 bridgehead atoms. The van der Waals surface area contributed by atoms with E-state index >= 15 is 0 Å². The summed E-state index contributed by atoms with van der Waals surface area (Å²) in [6.45, 7) is 2.75. The van der Waals surface area contributed by atoms with Crippen LogP contribution in [0.5, 0.6) is 5.75 Å². The van der Waals surface area contributed by atoms with Crippen molar-refractivity contribution in [1.29, 1.82) is 0 Å². The molecule has 0 radical (unpaired) electrons. The second-order valence-electron chi connectivity index (χ2n) is 10.8. The largest absolute Gasteiger partial charge is 0.497 e. The summed E-state index contributed by atoms with van der Waals surface area (Å²) >= 11 is 0. The molecule has 3 rings (SSSR count). The zero-order valence-corrected chi connectivity index (χ0v) is 22.8. The normalized spacial score (nSPS) is 21.6. The van der Waals surface area contributed by atoms with Crippen molar-refractivity contribution in [2.45, 2.75) is 82.3 Å². The molecule has 204 valence electrons. The molecular weight excluding hydrogens is 454 g/mol. The van der Waals surface area contributed by atoms with Crippen LogP contribution in [0.15, 0.2) is 24.3 Å². The number of benzene rings is 1. The lowest BCUT2D eigenvalue weighted by Gasteiger charge is -2.43. The number of nitrogens with zero attached hydrogens (tertiary/aromatic N) is 1. The van der Waals surface area contributed by atoms with E-state index in [1.165, 1.54) is 32.1 Å². The van der Waals surface area contributed by atoms with Crippen LogP contribution >= 0.6 is 0 Å². The molecule has 36 heavy (non-hydrogen) atoms. The first-order valence-electron chi connectivity index (χ1n) is 14.1. The summed E-state index contributed by atoms with van der Waals surface area (Å²) in [4.78, 5) is 15.3. The number of hydrogen-bond donors (Lipinski definition) is 3. The summed E-state index contributed by atoms with van der Waals surface area (Å²) in [5, 5.41) is 18.7. The molecule has 1 saturated carbocycles. The van der Waals surface area contributed by atoms with Gasteiger partial charge in [-0.15, -0.1) is 0 Å². The number of likely N-dealkylation sites (N-methyl/N-ethyl adjacent to an activating group) is 1. The van der Waals surface area contributed by atoms with Gasteiger partial charge in [0, 0.05) is 45.3 Å². The number of aliphatic hydroxyl groups is 1. The summed E-state index contributed by atoms with van der Waals surface area (Å²) in [7, 11) is 5.31. The lowest BCUT2D eigenvalue weighted by atomic mass is 9.74. The maximum Gasteiger partial charge on any atom is 0.317 e. The van der Waals surface area contributed by atoms with Gasteiger partial charge in [-0.05, 0) is 69.2 Å². The van der Waals surface area contributed by atoms with Crippen molar-refractivity contribution >= 4 is 6.03 Å². The maximum absolute atomic E-state index is 13.4. The average molecular weight is 504 g/mol. The van der Waals surface area contributed by atoms with Crippen molar-refractivity contribution in [2.75, 3.05) is 47.5 Å². The summed E-state index contributed by atoms with van der Waals surface area (Å²) in [6, 6.07) is 7.92. The molecule has 0 spiro atoms. The van der Waals surface area contributed by atoms with Gasteiger partial charge in [-0.3, -0.25) is 0 Å². The van der Waals surface area contributed by atoms with Crippen LogP contribution in [0.25, 0.3) is 0 Å². The number of ether oxygens (including phenoxy) is 2. The molecule has 1 aromatic carbocycles. The number of carbonyl (C=O) groups excluding carboxylic acids is 1. The van der Waals surface area contributed by atoms with Crippen LogP contribution in [-0.4, -0.2) is 69.6 Å². The summed E-state index contributed by atoms with van der Waals surface area (Å²) in [5.41, 5.74) is -0.148. The first-order chi connectivity index (χ1) is 17.5. The van der Waals surface area contributed by atoms with E-state index in [9.17, 15) is 9.90 Å². The fraction of sp³-hybridized carbons (Fsp3) is 0.759. The molecule has 0 unspecified atom stereocenters. The number of unbranched alkanes of at least 4 members (excludes halogenated alkanes) is 1. The number of nitrogens with one attached hydrogen (secondary N) is 2. The SMILES string of the molecule is CNC[C@H](CC1CCCCC1)NC(=O)N1CCC[C@@H]([C@@](O)(CCCCOC)c2cccc(OC)c2)C1. The lowest BCUT2D eigenvalue weighted by Crippen LogP contribution is -2.54. The third-order valence-electron chi connectivity index (χ3n) is 8.23. The summed E-state index contributed by atoms with van der Waals surface area (Å²) in [6.07, 6.45) is 11.7. The predicted molar refractivity (Wildman–Crippen MR) is 144 cm³/mol. The number of likely N-dealkylation sites (tertiary alicyclic amines) is 1. The second kappa shape index (κ2) is 14.8. The average Bonchev–Trinajstić information content (AvgIpc) is 2.91. The van der Waals surface area contributed by atoms with Gasteiger partial charge in [0.1, 0.15) is 5.75 Å². The smallest absolute Gasteiger partial charge is 0.317 e. The van der Waals surface area contributed by atoms with Crippen molar-refractivity contribution in [3.8, 4) is 5.75 Å². The molecule has 1 aliphatic heterocycles. The van der Waals surface area contributed by atoms with E-state index in [4.69, 9.17) is 9.47 Å². The first-order valence-corrected chi connectivity index (χ1v) is 14.1. The third-order valence-corrected chi connectivity index (χ3v) is 8.23. The number of urea groups is 1. The van der Waals surface area contributed by atoms with Gasteiger partial charge in [0.05, 0.1) is 12.7 Å². The monoisotopic (exact) mass is 503 g/mol. The Morgan fingerprint density at radius 2 is 1.97 bits per heavy atom. The highest BCUT2D eigenvalue weighted by Gasteiger charge is 2.41. The highest BCUT2D eigenvalue weighted by atomic mass is 16.5. The molecule has 7 nitrogen and oxygen atoms in total. The maximum atomic E-state index is 13.4. The Morgan fingerprint density at radius 3 is 2.69 bits per heavy atom. The van der Waals surface area contributed by atoms with Crippen LogP contribution in [0.4, 0.5) is 4.79 Å². The fourth-order valence-corrected chi connectivity index (χ4v) is 6.20. The van der Waals surface area contributed by atoms with Gasteiger partial charge in [0.2, 0.25) is 0 Å². The quantitative estimate of drug-likeness (QED) is 0.341. The minimum Gasteiger partial charge on any atom is -0.497 e. The molecule has 1 aliphatic carbocycles. The van der Waals surface area contributed by atoms with Gasteiger partial charge in [-0.2, -0.15) is 0 Å². The molecule has 2 fully saturated rings. The number of methoxy groups -OCH3 is 2. The van der Waals surface area contributed by atoms with Crippen molar-refractivity contribution in [2.24, 2.45) is 11.8 Å². The third kappa shape index (κ3) is 8.09. The zero-order valence-electron chi connectivity index (χ0n) is 22.8. The Labute approximate surface area is 218 Å². The van der Waals surface area contributed by atoms with Crippen molar-refractivity contribution in [3.05, 3.63) is 29.8 Å². The van der Waals surface area contributed by atoms with Crippen molar-refractivity contribution < 1.29 is 19.4 Å². The molecule has 7 heteroatoms. The van der Waals surface area contributed by atoms with Crippen LogP contribution < -0.4 is 15.4 Å². The van der Waals surface area contributed by atoms with Crippen LogP contribution in [0.3, 0.4) is 0 Å². The van der Waals surface area contributed by atoms with Gasteiger partial charge in [0.15, 0.2) is 0 Å². The first kappa shape index (κ1) is 28.7. The van der Waals surface area contributed by atoms with E-state index in [1.807, 2.05) is 36.2 Å². The highest BCUT2D eigenvalue weighted by molar-refractivity contribution is 5.74. The molecule has 1 aromatic rings. The van der Waals surface area contributed by atoms with Gasteiger partial charge in [0.25, 0.3) is 0 Å². The Bertz CT molecular complexity index is 786. The lowest BCUT2D eigenvalue weighted by molar-refractivity contribution is -0.0565. The molecule has 2 amide bonds. The zero-order chi connectivity index (χ0) is 25.8. The minimum absolute atomic E-state index is 0.00290. The molecule has 3 N–H and O–H groups in total. The molecule has 0 aromatic heterocycles. The van der Waals surface area contributed by atoms with Crippen LogP contribution in [-0.2, 0) is 10.3 Å². The number of carbonyl (C=O) groups is 1. The number of piperidine rings is 1. The van der Waals surface area contributed by atoms with Gasteiger partial charge in [-0.1, -0.05) is 44.2 Å². The number of rotatable bonds is 13. The molecule has 3 atom stereocenters. The minimum atomic E-state index is -1.02. The molecule has 1 heterocycles. The second-order valence-corrected chi connectivity index (χ2v) is 10.8. The predicted octanol–water partition coefficient (Wildman–Crippen LogP) is 4.68. The van der Waals surface area contributed by atoms with E-state index in [0.29, 0.717) is 25.5 Å². The number of amides is 2. The van der Waals surface area contributed by atoms with Crippen molar-refractivity contribution in [3.63, 3.8) is 0 Å². The molecular formula is C29H49N3O4. The highest BCUT2D eigenvalue weighted by Crippen LogP contribution is 2.40. The standard InChI is InChI=1S/C29H49N3O4/c1-30-21-26(19-23-11-5-4-6-12-23)31-28(33)32-17-10-14-25(22-32)29(34,16-7-8-18-35-2)24-13-9-15-27(20-24)36-3/h9,13,15,20,23,25-26,30,34H,4-8,10-12,14,16-19,21-22H2,1-3H3,(H,31,33)/t25-,26+,29-/m1/s1. The van der Waals surface area contributed by atoms with E-state index < -0.39 is 5.60 Å². The summed E-state index contributed by atoms with van der Waals surface area (Å²) in [5.74, 6) is 1.41. The Hall–Kier alpha value is -1.83. The summed E-state index contributed by atoms with van der Waals surface area (Å²) < 4.78 is 10.7. The topological polar surface area (TPSA) is 83.1 Å². The fourth-order valence-electron chi connectivity index (χ4n) is 6.20. The van der Waals surface area contributed by atoms with Gasteiger partial charge < -0.3 is 30.1 Å². The molecule has 2 aliphatic rings. The Balaban J connectivity index is 1.70. The van der Waals surface area contributed by atoms with E-state index in [2.05, 4.69) is 10.6 Å². The van der Waals surface area contributed by atoms with Gasteiger partial charge >= 0.3 is 6.03 Å². The van der Waals surface area contributed by atoms with Crippen LogP contribution in [0, 0.1) is 11.8 Å². The Kier molecular flexibility index (Phi) is 11.8.